The summed E-state index contributed by atoms with van der Waals surface area (Å²) in [4.78, 5) is 7.49. The average molecular weight is 339 g/mol. The lowest BCUT2D eigenvalue weighted by molar-refractivity contribution is 0.533. The highest BCUT2D eigenvalue weighted by Gasteiger charge is 2.19. The van der Waals surface area contributed by atoms with E-state index in [2.05, 4.69) is 82.0 Å². The first-order valence-corrected chi connectivity index (χ1v) is 9.18. The molecule has 0 aliphatic heterocycles. The standard InChI is InChI=1S/C23H21N3/c1-2-4-19-12-21(11-18(19)3-1)24-14-16-5-7-17(8-6-16)20-9-10-22-23(13-20)26-15-25-22/h1-10,13,15,21,24H,11-12,14H2,(H,25,26). The Kier molecular flexibility index (Phi) is 3.80. The van der Waals surface area contributed by atoms with Gasteiger partial charge in [0.05, 0.1) is 17.4 Å². The fourth-order valence-electron chi connectivity index (χ4n) is 3.89. The fraction of sp³-hybridized carbons (Fsp3) is 0.174. The molecule has 0 bridgehead atoms. The molecule has 0 atom stereocenters. The van der Waals surface area contributed by atoms with Gasteiger partial charge in [0.1, 0.15) is 0 Å². The van der Waals surface area contributed by atoms with Crippen LogP contribution in [0.15, 0.2) is 73.1 Å². The third-order valence-electron chi connectivity index (χ3n) is 5.35. The lowest BCUT2D eigenvalue weighted by Gasteiger charge is -2.12. The molecule has 0 radical (unpaired) electrons. The first kappa shape index (κ1) is 15.4. The topological polar surface area (TPSA) is 40.7 Å². The number of nitrogens with one attached hydrogen (secondary N) is 2. The minimum Gasteiger partial charge on any atom is -0.345 e. The van der Waals surface area contributed by atoms with Crippen molar-refractivity contribution in [2.24, 2.45) is 0 Å². The molecule has 1 aromatic heterocycles. The molecule has 0 spiro atoms. The van der Waals surface area contributed by atoms with Gasteiger partial charge >= 0.3 is 0 Å². The lowest BCUT2D eigenvalue weighted by atomic mass is 10.0. The van der Waals surface area contributed by atoms with E-state index in [1.54, 1.807) is 6.33 Å². The van der Waals surface area contributed by atoms with Crippen molar-refractivity contribution in [2.45, 2.75) is 25.4 Å². The van der Waals surface area contributed by atoms with Gasteiger partial charge in [-0.25, -0.2) is 4.98 Å². The molecule has 0 unspecified atom stereocenters. The molecule has 4 aromatic rings. The van der Waals surface area contributed by atoms with Crippen molar-refractivity contribution in [1.82, 2.24) is 15.3 Å². The smallest absolute Gasteiger partial charge is 0.0931 e. The molecule has 128 valence electrons. The average Bonchev–Trinajstić information content (AvgIpc) is 3.32. The van der Waals surface area contributed by atoms with Crippen LogP contribution in [0, 0.1) is 0 Å². The van der Waals surface area contributed by atoms with Gasteiger partial charge in [-0.2, -0.15) is 0 Å². The summed E-state index contributed by atoms with van der Waals surface area (Å²) in [5.41, 5.74) is 8.83. The number of H-pyrrole nitrogens is 1. The Labute approximate surface area is 153 Å². The largest absolute Gasteiger partial charge is 0.345 e. The van der Waals surface area contributed by atoms with Crippen LogP contribution >= 0.6 is 0 Å². The first-order valence-electron chi connectivity index (χ1n) is 9.18. The number of benzene rings is 3. The molecule has 0 saturated heterocycles. The van der Waals surface area contributed by atoms with Gasteiger partial charge in [-0.15, -0.1) is 0 Å². The first-order chi connectivity index (χ1) is 12.8. The molecular formula is C23H21N3. The van der Waals surface area contributed by atoms with E-state index >= 15 is 0 Å². The van der Waals surface area contributed by atoms with Crippen molar-refractivity contribution >= 4 is 11.0 Å². The van der Waals surface area contributed by atoms with Gasteiger partial charge in [0.15, 0.2) is 0 Å². The predicted octanol–water partition coefficient (Wildman–Crippen LogP) is 4.49. The Bertz CT molecular complexity index is 1020. The molecule has 0 saturated carbocycles. The zero-order valence-corrected chi connectivity index (χ0v) is 14.6. The molecule has 0 amide bonds. The van der Waals surface area contributed by atoms with Crippen LogP contribution in [-0.2, 0) is 19.4 Å². The van der Waals surface area contributed by atoms with Crippen LogP contribution in [0.2, 0.25) is 0 Å². The van der Waals surface area contributed by atoms with E-state index in [9.17, 15) is 0 Å². The van der Waals surface area contributed by atoms with Gasteiger partial charge in [-0.1, -0.05) is 54.6 Å². The molecule has 1 heterocycles. The molecule has 3 aromatic carbocycles. The van der Waals surface area contributed by atoms with Crippen molar-refractivity contribution in [2.75, 3.05) is 0 Å². The van der Waals surface area contributed by atoms with E-state index in [0.717, 1.165) is 30.4 Å². The van der Waals surface area contributed by atoms with Gasteiger partial charge in [0.2, 0.25) is 0 Å². The van der Waals surface area contributed by atoms with Gasteiger partial charge in [-0.3, -0.25) is 0 Å². The number of imidazole rings is 1. The highest BCUT2D eigenvalue weighted by molar-refractivity contribution is 5.81. The van der Waals surface area contributed by atoms with Crippen molar-refractivity contribution in [3.05, 3.63) is 89.7 Å². The maximum atomic E-state index is 4.35. The summed E-state index contributed by atoms with van der Waals surface area (Å²) < 4.78 is 0. The van der Waals surface area contributed by atoms with Crippen LogP contribution in [0.25, 0.3) is 22.2 Å². The van der Waals surface area contributed by atoms with E-state index in [1.807, 2.05) is 0 Å². The number of hydrogen-bond acceptors (Lipinski definition) is 2. The zero-order valence-electron chi connectivity index (χ0n) is 14.6. The SMILES string of the molecule is c1ccc2c(c1)CC(NCc1ccc(-c3ccc4[nH]cnc4c3)cc1)C2. The Morgan fingerprint density at radius 2 is 1.62 bits per heavy atom. The quantitative estimate of drug-likeness (QED) is 0.575. The number of nitrogens with zero attached hydrogens (tertiary/aromatic N) is 1. The van der Waals surface area contributed by atoms with Crippen LogP contribution in [0.1, 0.15) is 16.7 Å². The summed E-state index contributed by atoms with van der Waals surface area (Å²) in [5.74, 6) is 0. The second-order valence-electron chi connectivity index (χ2n) is 7.09. The summed E-state index contributed by atoms with van der Waals surface area (Å²) in [7, 11) is 0. The molecule has 3 nitrogen and oxygen atoms in total. The van der Waals surface area contributed by atoms with E-state index in [4.69, 9.17) is 0 Å². The van der Waals surface area contributed by atoms with E-state index in [1.165, 1.54) is 27.8 Å². The van der Waals surface area contributed by atoms with Crippen molar-refractivity contribution in [3.63, 3.8) is 0 Å². The molecule has 5 rings (SSSR count). The van der Waals surface area contributed by atoms with Crippen molar-refractivity contribution in [3.8, 4) is 11.1 Å². The van der Waals surface area contributed by atoms with Crippen molar-refractivity contribution in [1.29, 1.82) is 0 Å². The monoisotopic (exact) mass is 339 g/mol. The predicted molar refractivity (Wildman–Crippen MR) is 106 cm³/mol. The Balaban J connectivity index is 1.25. The second kappa shape index (κ2) is 6.43. The Morgan fingerprint density at radius 1 is 0.885 bits per heavy atom. The van der Waals surface area contributed by atoms with Crippen LogP contribution in [0.5, 0.6) is 0 Å². The highest BCUT2D eigenvalue weighted by Crippen LogP contribution is 2.24. The summed E-state index contributed by atoms with van der Waals surface area (Å²) in [6, 6.07) is 24.5. The molecule has 2 N–H and O–H groups in total. The van der Waals surface area contributed by atoms with Crippen LogP contribution < -0.4 is 5.32 Å². The van der Waals surface area contributed by atoms with Crippen molar-refractivity contribution < 1.29 is 0 Å². The summed E-state index contributed by atoms with van der Waals surface area (Å²) in [6.45, 7) is 0.914. The third kappa shape index (κ3) is 2.91. The number of aromatic amines is 1. The van der Waals surface area contributed by atoms with Crippen LogP contribution in [0.4, 0.5) is 0 Å². The van der Waals surface area contributed by atoms with E-state index in [0.29, 0.717) is 6.04 Å². The molecule has 1 aliphatic rings. The van der Waals surface area contributed by atoms with E-state index < -0.39 is 0 Å². The summed E-state index contributed by atoms with van der Waals surface area (Å²) in [5, 5.41) is 3.71. The lowest BCUT2D eigenvalue weighted by Crippen LogP contribution is -2.28. The summed E-state index contributed by atoms with van der Waals surface area (Å²) >= 11 is 0. The maximum absolute atomic E-state index is 4.35. The molecule has 26 heavy (non-hydrogen) atoms. The number of aromatic nitrogens is 2. The normalized spacial score (nSPS) is 14.0. The number of rotatable bonds is 4. The molecule has 3 heteroatoms. The number of hydrogen-bond donors (Lipinski definition) is 2. The van der Waals surface area contributed by atoms with Crippen LogP contribution in [0.3, 0.4) is 0 Å². The number of fused-ring (bicyclic) bond motifs is 2. The van der Waals surface area contributed by atoms with Gasteiger partial charge in [0.25, 0.3) is 0 Å². The Morgan fingerprint density at radius 3 is 2.38 bits per heavy atom. The van der Waals surface area contributed by atoms with Gasteiger partial charge < -0.3 is 10.3 Å². The maximum Gasteiger partial charge on any atom is 0.0931 e. The molecule has 0 fully saturated rings. The minimum absolute atomic E-state index is 0.550. The Hall–Kier alpha value is -2.91. The second-order valence-corrected chi connectivity index (χ2v) is 7.09. The molecular weight excluding hydrogens is 318 g/mol. The highest BCUT2D eigenvalue weighted by atomic mass is 14.9. The fourth-order valence-corrected chi connectivity index (χ4v) is 3.89. The van der Waals surface area contributed by atoms with E-state index in [-0.39, 0.29) is 0 Å². The minimum atomic E-state index is 0.550. The summed E-state index contributed by atoms with van der Waals surface area (Å²) in [6.07, 6.45) is 4.01. The van der Waals surface area contributed by atoms with Gasteiger partial charge in [0, 0.05) is 12.6 Å². The van der Waals surface area contributed by atoms with Crippen LogP contribution in [-0.4, -0.2) is 16.0 Å². The molecule has 1 aliphatic carbocycles. The third-order valence-corrected chi connectivity index (χ3v) is 5.35. The zero-order chi connectivity index (χ0) is 17.3. The van der Waals surface area contributed by atoms with Gasteiger partial charge in [-0.05, 0) is 52.8 Å².